The monoisotopic (exact) mass is 610 g/mol. The molecule has 1 aromatic heterocycles. The average molecular weight is 611 g/mol. The van der Waals surface area contributed by atoms with Crippen molar-refractivity contribution in [3.8, 4) is 22.8 Å². The lowest BCUT2D eigenvalue weighted by atomic mass is 10.1. The number of aromatic nitrogens is 3. The van der Waals surface area contributed by atoms with Gasteiger partial charge in [-0.3, -0.25) is 4.79 Å². The van der Waals surface area contributed by atoms with Crippen molar-refractivity contribution in [2.45, 2.75) is 44.8 Å². The minimum atomic E-state index is -0.329. The molecule has 10 heteroatoms. The zero-order valence-corrected chi connectivity index (χ0v) is 25.5. The highest BCUT2D eigenvalue weighted by Crippen LogP contribution is 2.25. The molecule has 2 saturated heterocycles. The van der Waals surface area contributed by atoms with Crippen LogP contribution in [0.15, 0.2) is 84.2 Å². The minimum Gasteiger partial charge on any atom is -0.475 e. The predicted molar refractivity (Wildman–Crippen MR) is 173 cm³/mol. The highest BCUT2D eigenvalue weighted by atomic mass is 19.1. The van der Waals surface area contributed by atoms with Crippen molar-refractivity contribution in [1.29, 1.82) is 0 Å². The van der Waals surface area contributed by atoms with E-state index in [9.17, 15) is 9.18 Å². The summed E-state index contributed by atoms with van der Waals surface area (Å²) in [5.41, 5.74) is 3.66. The second-order valence-electron chi connectivity index (χ2n) is 11.4. The SMILES string of the molecule is C=Cc1ccc(-c2nc(-c3ccc(F)cc3)nn2CC(=O)N2CCN(C3=CC(OCC4CCCCO4)=N/C=C\CC3)CC2)cc1. The Labute approximate surface area is 263 Å². The van der Waals surface area contributed by atoms with Crippen LogP contribution in [0.4, 0.5) is 4.39 Å². The molecular weight excluding hydrogens is 571 g/mol. The third-order valence-corrected chi connectivity index (χ3v) is 8.36. The molecule has 3 aliphatic rings. The summed E-state index contributed by atoms with van der Waals surface area (Å²) in [6.45, 7) is 7.80. The fraction of sp³-hybridized carbons (Fsp3) is 0.371. The molecule has 234 valence electrons. The molecule has 0 saturated carbocycles. The smallest absolute Gasteiger partial charge is 0.244 e. The number of hydrogen-bond acceptors (Lipinski definition) is 7. The second-order valence-corrected chi connectivity index (χ2v) is 11.4. The summed E-state index contributed by atoms with van der Waals surface area (Å²) in [7, 11) is 0. The van der Waals surface area contributed by atoms with Gasteiger partial charge in [0.25, 0.3) is 0 Å². The fourth-order valence-corrected chi connectivity index (χ4v) is 5.76. The average Bonchev–Trinajstić information content (AvgIpc) is 3.48. The van der Waals surface area contributed by atoms with Gasteiger partial charge in [0, 0.05) is 61.9 Å². The van der Waals surface area contributed by atoms with Gasteiger partial charge in [0.1, 0.15) is 19.0 Å². The third kappa shape index (κ3) is 7.75. The van der Waals surface area contributed by atoms with Crippen molar-refractivity contribution in [1.82, 2.24) is 24.6 Å². The molecule has 0 spiro atoms. The van der Waals surface area contributed by atoms with Gasteiger partial charge in [-0.15, -0.1) is 5.10 Å². The lowest BCUT2D eigenvalue weighted by Crippen LogP contribution is -2.49. The van der Waals surface area contributed by atoms with E-state index in [1.165, 1.54) is 24.3 Å². The van der Waals surface area contributed by atoms with E-state index in [1.807, 2.05) is 41.4 Å². The number of carbonyl (C=O) groups excluding carboxylic acids is 1. The van der Waals surface area contributed by atoms with E-state index in [4.69, 9.17) is 14.5 Å². The van der Waals surface area contributed by atoms with E-state index in [0.717, 1.165) is 43.4 Å². The number of benzene rings is 2. The summed E-state index contributed by atoms with van der Waals surface area (Å²) in [6.07, 6.45) is 12.9. The van der Waals surface area contributed by atoms with Crippen molar-refractivity contribution < 1.29 is 18.7 Å². The molecule has 45 heavy (non-hydrogen) atoms. The number of halogens is 1. The van der Waals surface area contributed by atoms with Crippen molar-refractivity contribution in [3.63, 3.8) is 0 Å². The molecule has 3 aliphatic heterocycles. The first kappa shape index (κ1) is 30.5. The maximum atomic E-state index is 13.6. The maximum Gasteiger partial charge on any atom is 0.244 e. The highest BCUT2D eigenvalue weighted by molar-refractivity contribution is 5.89. The van der Waals surface area contributed by atoms with Gasteiger partial charge in [0.2, 0.25) is 11.8 Å². The van der Waals surface area contributed by atoms with E-state index in [0.29, 0.717) is 55.9 Å². The van der Waals surface area contributed by atoms with Crippen LogP contribution in [0.5, 0.6) is 0 Å². The molecule has 0 radical (unpaired) electrons. The van der Waals surface area contributed by atoms with Gasteiger partial charge in [-0.2, -0.15) is 0 Å². The number of carbonyl (C=O) groups is 1. The Balaban J connectivity index is 1.12. The van der Waals surface area contributed by atoms with Gasteiger partial charge in [-0.05, 0) is 61.9 Å². The van der Waals surface area contributed by atoms with Crippen LogP contribution in [0.3, 0.4) is 0 Å². The van der Waals surface area contributed by atoms with E-state index in [1.54, 1.807) is 22.9 Å². The molecule has 1 atom stereocenters. The van der Waals surface area contributed by atoms with E-state index in [-0.39, 0.29) is 24.4 Å². The van der Waals surface area contributed by atoms with Gasteiger partial charge in [-0.1, -0.05) is 43.0 Å². The van der Waals surface area contributed by atoms with Crippen LogP contribution in [0.2, 0.25) is 0 Å². The molecule has 0 aliphatic carbocycles. The van der Waals surface area contributed by atoms with Crippen LogP contribution in [0.25, 0.3) is 28.9 Å². The zero-order chi connectivity index (χ0) is 31.0. The highest BCUT2D eigenvalue weighted by Gasteiger charge is 2.25. The Morgan fingerprint density at radius 3 is 2.56 bits per heavy atom. The van der Waals surface area contributed by atoms with Crippen molar-refractivity contribution in [3.05, 3.63) is 90.5 Å². The molecule has 3 aromatic rings. The number of nitrogens with zero attached hydrogens (tertiary/aromatic N) is 6. The first-order valence-corrected chi connectivity index (χ1v) is 15.7. The van der Waals surface area contributed by atoms with Gasteiger partial charge in [0.05, 0.1) is 6.10 Å². The molecule has 2 aromatic carbocycles. The zero-order valence-electron chi connectivity index (χ0n) is 25.5. The Kier molecular flexibility index (Phi) is 9.80. The summed E-state index contributed by atoms with van der Waals surface area (Å²) < 4.78 is 27.1. The molecule has 0 N–H and O–H groups in total. The van der Waals surface area contributed by atoms with Crippen molar-refractivity contribution in [2.24, 2.45) is 4.99 Å². The molecule has 6 rings (SSSR count). The van der Waals surface area contributed by atoms with Gasteiger partial charge in [-0.25, -0.2) is 19.0 Å². The molecule has 4 heterocycles. The number of hydrogen-bond donors (Lipinski definition) is 0. The standard InChI is InChI=1S/C35H39FN6O3/c1-2-26-9-11-28(12-10-26)35-38-34(27-13-15-29(36)16-14-27)39-42(35)24-33(43)41-20-18-40(19-21-41)30-7-3-5-17-37-32(23-30)45-25-31-8-4-6-22-44-31/h2,5,9-17,23,31H,1,3-4,6-8,18-22,24-25H2/b17-5-,30-23?,37-32?. The number of rotatable bonds is 8. The number of allylic oxidation sites excluding steroid dienone is 2. The number of piperazine rings is 1. The Morgan fingerprint density at radius 2 is 1.82 bits per heavy atom. The molecule has 2 fully saturated rings. The van der Waals surface area contributed by atoms with E-state index < -0.39 is 0 Å². The van der Waals surface area contributed by atoms with Crippen LogP contribution in [0, 0.1) is 5.82 Å². The van der Waals surface area contributed by atoms with Gasteiger partial charge >= 0.3 is 0 Å². The summed E-state index contributed by atoms with van der Waals surface area (Å²) in [6, 6.07) is 13.8. The number of amides is 1. The second kappa shape index (κ2) is 14.5. The van der Waals surface area contributed by atoms with Gasteiger partial charge < -0.3 is 19.3 Å². The van der Waals surface area contributed by atoms with Crippen molar-refractivity contribution in [2.75, 3.05) is 39.4 Å². The molecule has 1 amide bonds. The number of aliphatic imine (C=N–C) groups is 1. The minimum absolute atomic E-state index is 0.0261. The molecular formula is C35H39FN6O3. The molecule has 9 nitrogen and oxygen atoms in total. The van der Waals surface area contributed by atoms with Crippen LogP contribution < -0.4 is 0 Å². The van der Waals surface area contributed by atoms with Gasteiger partial charge in [0.15, 0.2) is 11.6 Å². The van der Waals surface area contributed by atoms with E-state index >= 15 is 0 Å². The third-order valence-electron chi connectivity index (χ3n) is 8.36. The fourth-order valence-electron chi connectivity index (χ4n) is 5.76. The number of ether oxygens (including phenoxy) is 2. The quantitative estimate of drug-likeness (QED) is 0.325. The summed E-state index contributed by atoms with van der Waals surface area (Å²) in [5.74, 6) is 1.27. The van der Waals surface area contributed by atoms with Crippen molar-refractivity contribution >= 4 is 17.9 Å². The first-order valence-electron chi connectivity index (χ1n) is 15.7. The van der Waals surface area contributed by atoms with Crippen LogP contribution in [0.1, 0.15) is 37.7 Å². The predicted octanol–water partition coefficient (Wildman–Crippen LogP) is 5.71. The Morgan fingerprint density at radius 1 is 1.04 bits per heavy atom. The van der Waals surface area contributed by atoms with E-state index in [2.05, 4.69) is 27.6 Å². The van der Waals surface area contributed by atoms with Crippen LogP contribution >= 0.6 is 0 Å². The summed E-state index contributed by atoms with van der Waals surface area (Å²) in [4.78, 5) is 27.1. The first-order chi connectivity index (χ1) is 22.1. The maximum absolute atomic E-state index is 13.6. The largest absolute Gasteiger partial charge is 0.475 e. The lowest BCUT2D eigenvalue weighted by molar-refractivity contribution is -0.133. The summed E-state index contributed by atoms with van der Waals surface area (Å²) in [5, 5.41) is 4.68. The normalized spacial score (nSPS) is 19.6. The van der Waals surface area contributed by atoms with Crippen LogP contribution in [-0.4, -0.2) is 81.9 Å². The Hall–Kier alpha value is -4.57. The summed E-state index contributed by atoms with van der Waals surface area (Å²) >= 11 is 0. The van der Waals surface area contributed by atoms with Crippen LogP contribution in [-0.2, 0) is 20.8 Å². The molecule has 1 unspecified atom stereocenters. The topological polar surface area (TPSA) is 85.1 Å². The lowest BCUT2D eigenvalue weighted by Gasteiger charge is -2.37. The molecule has 0 bridgehead atoms. The Bertz CT molecular complexity index is 1560.